The minimum Gasteiger partial charge on any atom is -0.497 e. The number of rotatable bonds is 5. The molecule has 0 radical (unpaired) electrons. The van der Waals surface area contributed by atoms with Crippen molar-refractivity contribution in [1.29, 1.82) is 0 Å². The van der Waals surface area contributed by atoms with Gasteiger partial charge in [-0.1, -0.05) is 17.7 Å². The molecule has 7 nitrogen and oxygen atoms in total. The van der Waals surface area contributed by atoms with Gasteiger partial charge in [-0.2, -0.15) is 0 Å². The van der Waals surface area contributed by atoms with Gasteiger partial charge in [0.1, 0.15) is 17.9 Å². The van der Waals surface area contributed by atoms with Crippen LogP contribution >= 0.6 is 11.6 Å². The van der Waals surface area contributed by atoms with E-state index in [0.29, 0.717) is 0 Å². The molecule has 2 saturated heterocycles. The first kappa shape index (κ1) is 23.4. The number of amides is 1. The van der Waals surface area contributed by atoms with Crippen LogP contribution in [0.5, 0.6) is 5.75 Å². The number of piperazine rings is 1. The first-order valence-electron chi connectivity index (χ1n) is 12.1. The molecule has 2 aliphatic heterocycles. The molecule has 5 rings (SSSR count). The van der Waals surface area contributed by atoms with E-state index in [1.54, 1.807) is 13.4 Å². The fourth-order valence-electron chi connectivity index (χ4n) is 4.91. The van der Waals surface area contributed by atoms with E-state index in [0.717, 1.165) is 85.6 Å². The Morgan fingerprint density at radius 1 is 0.914 bits per heavy atom. The maximum absolute atomic E-state index is 13.2. The van der Waals surface area contributed by atoms with Gasteiger partial charge in [0.25, 0.3) is 0 Å². The van der Waals surface area contributed by atoms with Crippen LogP contribution in [0.15, 0.2) is 60.9 Å². The number of benzene rings is 2. The molecule has 0 unspecified atom stereocenters. The minimum atomic E-state index is 0.0758. The predicted molar refractivity (Wildman–Crippen MR) is 139 cm³/mol. The van der Waals surface area contributed by atoms with E-state index < -0.39 is 0 Å². The van der Waals surface area contributed by atoms with Gasteiger partial charge in [0, 0.05) is 67.5 Å². The molecule has 8 heteroatoms. The van der Waals surface area contributed by atoms with Crippen LogP contribution in [-0.4, -0.2) is 67.2 Å². The normalized spacial score (nSPS) is 16.9. The van der Waals surface area contributed by atoms with Crippen LogP contribution < -0.4 is 14.5 Å². The zero-order valence-corrected chi connectivity index (χ0v) is 20.7. The summed E-state index contributed by atoms with van der Waals surface area (Å²) in [6.45, 7) is 4.81. The van der Waals surface area contributed by atoms with Crippen LogP contribution in [0, 0.1) is 5.92 Å². The molecule has 182 valence electrons. The maximum atomic E-state index is 13.2. The van der Waals surface area contributed by atoms with Crippen molar-refractivity contribution in [2.24, 2.45) is 5.92 Å². The maximum Gasteiger partial charge on any atom is 0.225 e. The topological polar surface area (TPSA) is 61.8 Å². The summed E-state index contributed by atoms with van der Waals surface area (Å²) in [5, 5.41) is 0.743. The summed E-state index contributed by atoms with van der Waals surface area (Å²) in [7, 11) is 1.66. The van der Waals surface area contributed by atoms with Crippen LogP contribution in [0.1, 0.15) is 12.8 Å². The number of aromatic nitrogens is 2. The Balaban J connectivity index is 1.15. The van der Waals surface area contributed by atoms with Crippen molar-refractivity contribution in [2.75, 3.05) is 56.2 Å². The summed E-state index contributed by atoms with van der Waals surface area (Å²) < 4.78 is 5.25. The quantitative estimate of drug-likeness (QED) is 0.528. The summed E-state index contributed by atoms with van der Waals surface area (Å²) in [5.74, 6) is 2.09. The smallest absolute Gasteiger partial charge is 0.225 e. The Kier molecular flexibility index (Phi) is 7.04. The molecule has 3 heterocycles. The van der Waals surface area contributed by atoms with Crippen LogP contribution in [0.4, 0.5) is 11.5 Å². The van der Waals surface area contributed by atoms with Gasteiger partial charge in [-0.05, 0) is 55.3 Å². The van der Waals surface area contributed by atoms with Crippen LogP contribution in [0.3, 0.4) is 0 Å². The number of anilines is 2. The molecule has 2 aromatic carbocycles. The van der Waals surface area contributed by atoms with Crippen molar-refractivity contribution in [3.63, 3.8) is 0 Å². The summed E-state index contributed by atoms with van der Waals surface area (Å²) in [6.07, 6.45) is 3.30. The molecule has 0 saturated carbocycles. The third-order valence-corrected chi connectivity index (χ3v) is 7.21. The second-order valence-corrected chi connectivity index (χ2v) is 9.48. The summed E-state index contributed by atoms with van der Waals surface area (Å²) >= 11 is 6.14. The third kappa shape index (κ3) is 5.35. The Morgan fingerprint density at radius 2 is 1.66 bits per heavy atom. The van der Waals surface area contributed by atoms with Gasteiger partial charge in [0.15, 0.2) is 0 Å². The predicted octanol–water partition coefficient (Wildman–Crippen LogP) is 4.37. The fraction of sp³-hybridized carbons (Fsp3) is 0.370. The number of hydrogen-bond donors (Lipinski definition) is 0. The van der Waals surface area contributed by atoms with Crippen molar-refractivity contribution >= 4 is 29.0 Å². The van der Waals surface area contributed by atoms with E-state index in [1.807, 2.05) is 53.4 Å². The molecule has 1 amide bonds. The van der Waals surface area contributed by atoms with E-state index >= 15 is 0 Å². The van der Waals surface area contributed by atoms with Crippen molar-refractivity contribution < 1.29 is 9.53 Å². The standard InChI is InChI=1S/C27H30ClN5O2/c1-35-24-7-5-20(6-8-24)25-18-26(30-19-29-25)32-11-9-21(10-12-32)27(34)33-15-13-31(14-16-33)23-4-2-3-22(28)17-23/h2-8,17-19,21H,9-16H2,1H3. The number of carbonyl (C=O) groups is 1. The van der Waals surface area contributed by atoms with Crippen molar-refractivity contribution in [3.8, 4) is 17.0 Å². The average Bonchev–Trinajstić information content (AvgIpc) is 2.93. The van der Waals surface area contributed by atoms with Gasteiger partial charge in [-0.3, -0.25) is 4.79 Å². The lowest BCUT2D eigenvalue weighted by Crippen LogP contribution is -2.51. The zero-order chi connectivity index (χ0) is 24.2. The molecule has 0 spiro atoms. The largest absolute Gasteiger partial charge is 0.497 e. The Hall–Kier alpha value is -3.32. The van der Waals surface area contributed by atoms with Gasteiger partial charge in [-0.15, -0.1) is 0 Å². The van der Waals surface area contributed by atoms with Crippen molar-refractivity contribution in [3.05, 3.63) is 65.9 Å². The first-order valence-corrected chi connectivity index (χ1v) is 12.5. The van der Waals surface area contributed by atoms with Crippen LogP contribution in [0.25, 0.3) is 11.3 Å². The van der Waals surface area contributed by atoms with Gasteiger partial charge >= 0.3 is 0 Å². The number of methoxy groups -OCH3 is 1. The van der Waals surface area contributed by atoms with E-state index in [4.69, 9.17) is 16.3 Å². The van der Waals surface area contributed by atoms with E-state index in [2.05, 4.69) is 25.8 Å². The molecule has 3 aromatic rings. The molecule has 35 heavy (non-hydrogen) atoms. The molecule has 0 bridgehead atoms. The number of carbonyl (C=O) groups excluding carboxylic acids is 1. The number of hydrogen-bond acceptors (Lipinski definition) is 6. The highest BCUT2D eigenvalue weighted by Crippen LogP contribution is 2.28. The molecular formula is C27H30ClN5O2. The Labute approximate surface area is 211 Å². The zero-order valence-electron chi connectivity index (χ0n) is 19.9. The first-order chi connectivity index (χ1) is 17.1. The van der Waals surface area contributed by atoms with Gasteiger partial charge in [0.2, 0.25) is 5.91 Å². The molecular weight excluding hydrogens is 462 g/mol. The number of ether oxygens (including phenoxy) is 1. The third-order valence-electron chi connectivity index (χ3n) is 6.97. The summed E-state index contributed by atoms with van der Waals surface area (Å²) in [4.78, 5) is 28.8. The molecule has 0 N–H and O–H groups in total. The van der Waals surface area contributed by atoms with Gasteiger partial charge in [-0.25, -0.2) is 9.97 Å². The average molecular weight is 492 g/mol. The van der Waals surface area contributed by atoms with Crippen molar-refractivity contribution in [2.45, 2.75) is 12.8 Å². The number of piperidine rings is 1. The SMILES string of the molecule is COc1ccc(-c2cc(N3CCC(C(=O)N4CCN(c5cccc(Cl)c5)CC4)CC3)ncn2)cc1. The highest BCUT2D eigenvalue weighted by molar-refractivity contribution is 6.30. The highest BCUT2D eigenvalue weighted by Gasteiger charge is 2.31. The number of halogens is 1. The van der Waals surface area contributed by atoms with Crippen molar-refractivity contribution in [1.82, 2.24) is 14.9 Å². The van der Waals surface area contributed by atoms with Gasteiger partial charge in [0.05, 0.1) is 12.8 Å². The Bertz CT molecular complexity index is 1160. The van der Waals surface area contributed by atoms with Crippen LogP contribution in [0.2, 0.25) is 5.02 Å². The minimum absolute atomic E-state index is 0.0758. The van der Waals surface area contributed by atoms with E-state index in [9.17, 15) is 4.79 Å². The second kappa shape index (κ2) is 10.5. The molecule has 1 aromatic heterocycles. The van der Waals surface area contributed by atoms with Gasteiger partial charge < -0.3 is 19.4 Å². The summed E-state index contributed by atoms with van der Waals surface area (Å²) in [5.41, 5.74) is 3.03. The highest BCUT2D eigenvalue weighted by atomic mass is 35.5. The molecule has 0 atom stereocenters. The molecule has 2 fully saturated rings. The van der Waals surface area contributed by atoms with E-state index in [-0.39, 0.29) is 11.8 Å². The Morgan fingerprint density at radius 3 is 2.34 bits per heavy atom. The molecule has 2 aliphatic rings. The second-order valence-electron chi connectivity index (χ2n) is 9.04. The van der Waals surface area contributed by atoms with E-state index in [1.165, 1.54) is 0 Å². The number of nitrogens with zero attached hydrogens (tertiary/aromatic N) is 5. The lowest BCUT2D eigenvalue weighted by atomic mass is 9.95. The summed E-state index contributed by atoms with van der Waals surface area (Å²) in [6, 6.07) is 17.8. The van der Waals surface area contributed by atoms with Crippen LogP contribution in [-0.2, 0) is 4.79 Å². The lowest BCUT2D eigenvalue weighted by molar-refractivity contribution is -0.136. The lowest BCUT2D eigenvalue weighted by Gasteiger charge is -2.39. The monoisotopic (exact) mass is 491 g/mol. The molecule has 0 aliphatic carbocycles. The fourth-order valence-corrected chi connectivity index (χ4v) is 5.10.